The van der Waals surface area contributed by atoms with Crippen LogP contribution in [0, 0.1) is 5.92 Å². The standard InChI is InChI=1S/C14H26N2O3/c1-3-4-9-16(12-6-7-12)14(19)15-10-11(2)5-8-13(17)18/h11-12H,3-10H2,1-2H3,(H,15,19)(H,17,18). The number of nitrogens with one attached hydrogen (secondary N) is 1. The molecule has 0 radical (unpaired) electrons. The lowest BCUT2D eigenvalue weighted by atomic mass is 10.1. The molecule has 110 valence electrons. The van der Waals surface area contributed by atoms with Gasteiger partial charge in [0.1, 0.15) is 0 Å². The van der Waals surface area contributed by atoms with E-state index in [-0.39, 0.29) is 18.4 Å². The van der Waals surface area contributed by atoms with Crippen LogP contribution in [0.5, 0.6) is 0 Å². The first-order valence-electron chi connectivity index (χ1n) is 7.30. The van der Waals surface area contributed by atoms with Crippen LogP contribution in [0.1, 0.15) is 52.4 Å². The molecule has 0 aliphatic heterocycles. The fraction of sp³-hybridized carbons (Fsp3) is 0.857. The zero-order valence-electron chi connectivity index (χ0n) is 12.0. The highest BCUT2D eigenvalue weighted by molar-refractivity contribution is 5.74. The maximum atomic E-state index is 12.1. The Bertz CT molecular complexity index is 303. The van der Waals surface area contributed by atoms with Crippen molar-refractivity contribution in [1.82, 2.24) is 10.2 Å². The summed E-state index contributed by atoms with van der Waals surface area (Å²) < 4.78 is 0. The molecule has 19 heavy (non-hydrogen) atoms. The van der Waals surface area contributed by atoms with Gasteiger partial charge in [0.15, 0.2) is 0 Å². The Kier molecular flexibility index (Phi) is 6.67. The minimum absolute atomic E-state index is 0.0122. The summed E-state index contributed by atoms with van der Waals surface area (Å²) in [5.41, 5.74) is 0. The molecule has 0 bridgehead atoms. The molecule has 5 nitrogen and oxygen atoms in total. The molecule has 1 rings (SSSR count). The molecule has 1 unspecified atom stereocenters. The van der Waals surface area contributed by atoms with E-state index in [2.05, 4.69) is 12.2 Å². The average molecular weight is 270 g/mol. The zero-order chi connectivity index (χ0) is 14.3. The van der Waals surface area contributed by atoms with Crippen LogP contribution in [-0.2, 0) is 4.79 Å². The summed E-state index contributed by atoms with van der Waals surface area (Å²) in [5, 5.41) is 11.5. The third-order valence-electron chi connectivity index (χ3n) is 3.45. The van der Waals surface area contributed by atoms with E-state index in [0.29, 0.717) is 19.0 Å². The van der Waals surface area contributed by atoms with Gasteiger partial charge in [0.25, 0.3) is 0 Å². The smallest absolute Gasteiger partial charge is 0.317 e. The fourth-order valence-corrected chi connectivity index (χ4v) is 2.00. The van der Waals surface area contributed by atoms with Gasteiger partial charge in [0, 0.05) is 25.6 Å². The minimum Gasteiger partial charge on any atom is -0.481 e. The highest BCUT2D eigenvalue weighted by atomic mass is 16.4. The van der Waals surface area contributed by atoms with E-state index in [4.69, 9.17) is 5.11 Å². The molecule has 0 spiro atoms. The average Bonchev–Trinajstić information content (AvgIpc) is 3.18. The molecule has 5 heteroatoms. The molecule has 1 fully saturated rings. The first-order chi connectivity index (χ1) is 9.04. The highest BCUT2D eigenvalue weighted by Crippen LogP contribution is 2.27. The lowest BCUT2D eigenvalue weighted by Crippen LogP contribution is -2.43. The van der Waals surface area contributed by atoms with E-state index in [0.717, 1.165) is 32.2 Å². The summed E-state index contributed by atoms with van der Waals surface area (Å²) in [6, 6.07) is 0.444. The topological polar surface area (TPSA) is 69.6 Å². The predicted molar refractivity (Wildman–Crippen MR) is 74.1 cm³/mol. The summed E-state index contributed by atoms with van der Waals surface area (Å²) in [4.78, 5) is 24.5. The SMILES string of the molecule is CCCCN(C(=O)NCC(C)CCC(=O)O)C1CC1. The van der Waals surface area contributed by atoms with E-state index < -0.39 is 5.97 Å². The lowest BCUT2D eigenvalue weighted by Gasteiger charge is -2.23. The van der Waals surface area contributed by atoms with E-state index in [9.17, 15) is 9.59 Å². The monoisotopic (exact) mass is 270 g/mol. The molecule has 1 atom stereocenters. The summed E-state index contributed by atoms with van der Waals surface area (Å²) in [5.74, 6) is -0.576. The lowest BCUT2D eigenvalue weighted by molar-refractivity contribution is -0.137. The van der Waals surface area contributed by atoms with Gasteiger partial charge in [-0.15, -0.1) is 0 Å². The second-order valence-corrected chi connectivity index (χ2v) is 5.50. The Morgan fingerprint density at radius 3 is 2.63 bits per heavy atom. The van der Waals surface area contributed by atoms with E-state index in [1.165, 1.54) is 0 Å². The normalized spacial score (nSPS) is 15.9. The number of hydrogen-bond acceptors (Lipinski definition) is 2. The second kappa shape index (κ2) is 8.02. The van der Waals surface area contributed by atoms with Gasteiger partial charge in [-0.05, 0) is 31.6 Å². The predicted octanol–water partition coefficient (Wildman–Crippen LogP) is 2.46. The van der Waals surface area contributed by atoms with Crippen molar-refractivity contribution in [2.45, 2.75) is 58.4 Å². The van der Waals surface area contributed by atoms with Crippen molar-refractivity contribution in [1.29, 1.82) is 0 Å². The van der Waals surface area contributed by atoms with Gasteiger partial charge in [-0.1, -0.05) is 20.3 Å². The van der Waals surface area contributed by atoms with Gasteiger partial charge in [-0.25, -0.2) is 4.79 Å². The molecule has 0 saturated heterocycles. The fourth-order valence-electron chi connectivity index (χ4n) is 2.00. The number of carboxylic acid groups (broad SMARTS) is 1. The molecular formula is C14H26N2O3. The maximum Gasteiger partial charge on any atom is 0.317 e. The third kappa shape index (κ3) is 6.45. The summed E-state index contributed by atoms with van der Waals surface area (Å²) in [7, 11) is 0. The Morgan fingerprint density at radius 2 is 2.11 bits per heavy atom. The number of carbonyl (C=O) groups is 2. The minimum atomic E-state index is -0.777. The molecular weight excluding hydrogens is 244 g/mol. The Morgan fingerprint density at radius 1 is 1.42 bits per heavy atom. The maximum absolute atomic E-state index is 12.1. The summed E-state index contributed by atoms with van der Waals surface area (Å²) >= 11 is 0. The van der Waals surface area contributed by atoms with Crippen LogP contribution in [0.15, 0.2) is 0 Å². The number of urea groups is 1. The number of carboxylic acids is 1. The zero-order valence-corrected chi connectivity index (χ0v) is 12.0. The Hall–Kier alpha value is -1.26. The van der Waals surface area contributed by atoms with Gasteiger partial charge in [0.2, 0.25) is 0 Å². The number of hydrogen-bond donors (Lipinski definition) is 2. The number of amides is 2. The van der Waals surface area contributed by atoms with Gasteiger partial charge in [-0.3, -0.25) is 4.79 Å². The van der Waals surface area contributed by atoms with Crippen molar-refractivity contribution in [2.75, 3.05) is 13.1 Å². The number of carbonyl (C=O) groups excluding carboxylic acids is 1. The number of nitrogens with zero attached hydrogens (tertiary/aromatic N) is 1. The Labute approximate surface area is 115 Å². The molecule has 2 amide bonds. The van der Waals surface area contributed by atoms with Crippen LogP contribution >= 0.6 is 0 Å². The molecule has 0 heterocycles. The molecule has 1 aliphatic rings. The van der Waals surface area contributed by atoms with Crippen molar-refractivity contribution in [3.8, 4) is 0 Å². The first-order valence-corrected chi connectivity index (χ1v) is 7.30. The van der Waals surface area contributed by atoms with Crippen molar-refractivity contribution in [3.05, 3.63) is 0 Å². The van der Waals surface area contributed by atoms with Gasteiger partial charge >= 0.3 is 12.0 Å². The van der Waals surface area contributed by atoms with Crippen LogP contribution in [0.2, 0.25) is 0 Å². The molecule has 1 aliphatic carbocycles. The molecule has 0 aromatic heterocycles. The van der Waals surface area contributed by atoms with Crippen molar-refractivity contribution in [3.63, 3.8) is 0 Å². The van der Waals surface area contributed by atoms with E-state index in [1.807, 2.05) is 11.8 Å². The van der Waals surface area contributed by atoms with Crippen LogP contribution in [-0.4, -0.2) is 41.1 Å². The molecule has 2 N–H and O–H groups in total. The summed E-state index contributed by atoms with van der Waals surface area (Å²) in [6.07, 6.45) is 5.13. The number of aliphatic carboxylic acids is 1. The van der Waals surface area contributed by atoms with Crippen molar-refractivity contribution in [2.24, 2.45) is 5.92 Å². The molecule has 0 aromatic rings. The number of unbranched alkanes of at least 4 members (excludes halogenated alkanes) is 1. The van der Waals surface area contributed by atoms with Crippen molar-refractivity contribution < 1.29 is 14.7 Å². The first kappa shape index (κ1) is 15.8. The van der Waals surface area contributed by atoms with E-state index in [1.54, 1.807) is 0 Å². The molecule has 0 aromatic carbocycles. The second-order valence-electron chi connectivity index (χ2n) is 5.50. The Balaban J connectivity index is 2.25. The van der Waals surface area contributed by atoms with Crippen molar-refractivity contribution >= 4 is 12.0 Å². The summed E-state index contributed by atoms with van der Waals surface area (Å²) in [6.45, 7) is 5.48. The quantitative estimate of drug-likeness (QED) is 0.676. The largest absolute Gasteiger partial charge is 0.481 e. The third-order valence-corrected chi connectivity index (χ3v) is 3.45. The van der Waals surface area contributed by atoms with Crippen LogP contribution in [0.3, 0.4) is 0 Å². The van der Waals surface area contributed by atoms with Crippen LogP contribution < -0.4 is 5.32 Å². The van der Waals surface area contributed by atoms with Crippen LogP contribution in [0.25, 0.3) is 0 Å². The molecule has 1 saturated carbocycles. The van der Waals surface area contributed by atoms with Crippen LogP contribution in [0.4, 0.5) is 4.79 Å². The van der Waals surface area contributed by atoms with Gasteiger partial charge in [-0.2, -0.15) is 0 Å². The number of rotatable bonds is 9. The van der Waals surface area contributed by atoms with Gasteiger partial charge < -0.3 is 15.3 Å². The highest BCUT2D eigenvalue weighted by Gasteiger charge is 2.31. The van der Waals surface area contributed by atoms with Gasteiger partial charge in [0.05, 0.1) is 0 Å². The van der Waals surface area contributed by atoms with E-state index >= 15 is 0 Å².